The number of hydrogen-bond acceptors (Lipinski definition) is 2. The van der Waals surface area contributed by atoms with E-state index >= 15 is 0 Å². The quantitative estimate of drug-likeness (QED) is 0.692. The highest BCUT2D eigenvalue weighted by molar-refractivity contribution is 9.10. The van der Waals surface area contributed by atoms with Gasteiger partial charge in [0.1, 0.15) is 0 Å². The maximum absolute atomic E-state index is 11.9. The second-order valence-corrected chi connectivity index (χ2v) is 6.12. The first-order chi connectivity index (χ1) is 8.06. The fraction of sp³-hybridized carbons (Fsp3) is 0.0833. The van der Waals surface area contributed by atoms with Crippen LogP contribution in [0.2, 0.25) is 10.0 Å². The topological polar surface area (TPSA) is 17.1 Å². The molecule has 1 aromatic carbocycles. The fourth-order valence-corrected chi connectivity index (χ4v) is 3.07. The molecule has 1 nitrogen and oxygen atoms in total. The standard InChI is InChI=1S/C12H7BrCl2OS/c13-8-5-12(17-6-8)11(16)4-7-1-2-9(14)10(15)3-7/h1-3,5-6H,4H2. The lowest BCUT2D eigenvalue weighted by Crippen LogP contribution is -2.00. The molecular formula is C12H7BrCl2OS. The lowest BCUT2D eigenvalue weighted by Gasteiger charge is -2.01. The third kappa shape index (κ3) is 3.32. The molecule has 0 saturated carbocycles. The summed E-state index contributed by atoms with van der Waals surface area (Å²) < 4.78 is 0.931. The molecule has 88 valence electrons. The summed E-state index contributed by atoms with van der Waals surface area (Å²) in [5.41, 5.74) is 0.869. The Bertz CT molecular complexity index is 565. The van der Waals surface area contributed by atoms with Gasteiger partial charge in [-0.2, -0.15) is 0 Å². The fourth-order valence-electron chi connectivity index (χ4n) is 1.38. The molecule has 1 aromatic heterocycles. The minimum atomic E-state index is 0.0825. The molecule has 1 heterocycles. The van der Waals surface area contributed by atoms with E-state index in [1.807, 2.05) is 17.5 Å². The van der Waals surface area contributed by atoms with E-state index in [9.17, 15) is 4.79 Å². The van der Waals surface area contributed by atoms with Crippen LogP contribution in [0, 0.1) is 0 Å². The number of carbonyl (C=O) groups excluding carboxylic acids is 1. The van der Waals surface area contributed by atoms with Crippen LogP contribution in [-0.2, 0) is 6.42 Å². The second kappa shape index (κ2) is 5.53. The smallest absolute Gasteiger partial charge is 0.177 e. The van der Waals surface area contributed by atoms with E-state index < -0.39 is 0 Å². The molecule has 0 aliphatic rings. The van der Waals surface area contributed by atoms with Crippen LogP contribution in [0.15, 0.2) is 34.1 Å². The van der Waals surface area contributed by atoms with Gasteiger partial charge in [-0.25, -0.2) is 0 Å². The zero-order valence-electron chi connectivity index (χ0n) is 8.54. The number of thiophene rings is 1. The molecule has 0 fully saturated rings. The summed E-state index contributed by atoms with van der Waals surface area (Å²) in [7, 11) is 0. The van der Waals surface area contributed by atoms with Crippen LogP contribution in [0.4, 0.5) is 0 Å². The Hall–Kier alpha value is -0.350. The molecule has 0 spiro atoms. The van der Waals surface area contributed by atoms with Gasteiger partial charge in [0.05, 0.1) is 14.9 Å². The van der Waals surface area contributed by atoms with Crippen LogP contribution in [0.1, 0.15) is 15.2 Å². The van der Waals surface area contributed by atoms with E-state index in [-0.39, 0.29) is 5.78 Å². The third-order valence-corrected chi connectivity index (χ3v) is 4.66. The van der Waals surface area contributed by atoms with Gasteiger partial charge in [0.25, 0.3) is 0 Å². The summed E-state index contributed by atoms with van der Waals surface area (Å²) in [6.45, 7) is 0. The molecule has 0 aliphatic carbocycles. The van der Waals surface area contributed by atoms with Gasteiger partial charge in [-0.05, 0) is 39.7 Å². The van der Waals surface area contributed by atoms with Crippen molar-refractivity contribution < 1.29 is 4.79 Å². The van der Waals surface area contributed by atoms with E-state index in [1.54, 1.807) is 12.1 Å². The molecule has 2 rings (SSSR count). The number of carbonyl (C=O) groups is 1. The first-order valence-corrected chi connectivity index (χ1v) is 7.20. The Balaban J connectivity index is 2.15. The maximum Gasteiger partial charge on any atom is 0.177 e. The van der Waals surface area contributed by atoms with Crippen LogP contribution in [0.3, 0.4) is 0 Å². The van der Waals surface area contributed by atoms with Crippen molar-refractivity contribution >= 4 is 56.3 Å². The molecule has 0 radical (unpaired) electrons. The zero-order chi connectivity index (χ0) is 12.4. The SMILES string of the molecule is O=C(Cc1ccc(Cl)c(Cl)c1)c1cc(Br)cs1. The first-order valence-electron chi connectivity index (χ1n) is 4.77. The van der Waals surface area contributed by atoms with Crippen molar-refractivity contribution in [2.75, 3.05) is 0 Å². The highest BCUT2D eigenvalue weighted by Crippen LogP contribution is 2.25. The Labute approximate surface area is 121 Å². The number of ketones is 1. The van der Waals surface area contributed by atoms with Gasteiger partial charge >= 0.3 is 0 Å². The molecule has 0 bridgehead atoms. The highest BCUT2D eigenvalue weighted by Gasteiger charge is 2.10. The molecular weight excluding hydrogens is 343 g/mol. The number of benzene rings is 1. The number of halogens is 3. The summed E-state index contributed by atoms with van der Waals surface area (Å²) in [5.74, 6) is 0.0825. The molecule has 2 aromatic rings. The van der Waals surface area contributed by atoms with Crippen LogP contribution >= 0.6 is 50.5 Å². The summed E-state index contributed by atoms with van der Waals surface area (Å²) in [4.78, 5) is 12.7. The number of Topliss-reactive ketones (excluding diaryl/α,β-unsaturated/α-hetero) is 1. The van der Waals surface area contributed by atoms with Crippen LogP contribution in [-0.4, -0.2) is 5.78 Å². The monoisotopic (exact) mass is 348 g/mol. The van der Waals surface area contributed by atoms with Crippen LogP contribution in [0.5, 0.6) is 0 Å². The van der Waals surface area contributed by atoms with Crippen LogP contribution < -0.4 is 0 Å². The normalized spacial score (nSPS) is 10.5. The molecule has 0 aliphatic heterocycles. The number of rotatable bonds is 3. The Morgan fingerprint density at radius 3 is 2.59 bits per heavy atom. The summed E-state index contributed by atoms with van der Waals surface area (Å²) >= 11 is 16.5. The summed E-state index contributed by atoms with van der Waals surface area (Å²) in [5, 5.41) is 2.87. The molecule has 0 saturated heterocycles. The second-order valence-electron chi connectivity index (χ2n) is 3.48. The van der Waals surface area contributed by atoms with Crippen molar-refractivity contribution in [2.45, 2.75) is 6.42 Å². The van der Waals surface area contributed by atoms with Gasteiger partial charge in [0, 0.05) is 16.3 Å². The van der Waals surface area contributed by atoms with Crippen molar-refractivity contribution in [1.29, 1.82) is 0 Å². The van der Waals surface area contributed by atoms with Crippen molar-refractivity contribution in [3.05, 3.63) is 54.6 Å². The minimum Gasteiger partial charge on any atom is -0.293 e. The molecule has 5 heteroatoms. The lowest BCUT2D eigenvalue weighted by molar-refractivity contribution is 0.0997. The van der Waals surface area contributed by atoms with Gasteiger partial charge in [-0.15, -0.1) is 11.3 Å². The van der Waals surface area contributed by atoms with E-state index in [2.05, 4.69) is 15.9 Å². The maximum atomic E-state index is 11.9. The Morgan fingerprint density at radius 1 is 1.24 bits per heavy atom. The van der Waals surface area contributed by atoms with E-state index in [0.717, 1.165) is 14.9 Å². The van der Waals surface area contributed by atoms with Crippen LogP contribution in [0.25, 0.3) is 0 Å². The summed E-state index contributed by atoms with van der Waals surface area (Å²) in [6.07, 6.45) is 0.337. The average molecular weight is 350 g/mol. The van der Waals surface area contributed by atoms with Crippen molar-refractivity contribution in [1.82, 2.24) is 0 Å². The van der Waals surface area contributed by atoms with Crippen molar-refractivity contribution in [2.24, 2.45) is 0 Å². The van der Waals surface area contributed by atoms with Gasteiger partial charge in [0.2, 0.25) is 0 Å². The predicted molar refractivity (Wildman–Crippen MR) is 76.5 cm³/mol. The van der Waals surface area contributed by atoms with Gasteiger partial charge in [0.15, 0.2) is 5.78 Å². The van der Waals surface area contributed by atoms with Gasteiger partial charge in [-0.1, -0.05) is 29.3 Å². The Morgan fingerprint density at radius 2 is 2.00 bits per heavy atom. The minimum absolute atomic E-state index is 0.0825. The number of hydrogen-bond donors (Lipinski definition) is 0. The third-order valence-electron chi connectivity index (χ3n) is 2.19. The molecule has 17 heavy (non-hydrogen) atoms. The first kappa shape index (κ1) is 13.1. The van der Waals surface area contributed by atoms with Gasteiger partial charge < -0.3 is 0 Å². The molecule has 0 amide bonds. The zero-order valence-corrected chi connectivity index (χ0v) is 12.5. The van der Waals surface area contributed by atoms with Crippen molar-refractivity contribution in [3.63, 3.8) is 0 Å². The van der Waals surface area contributed by atoms with Crippen molar-refractivity contribution in [3.8, 4) is 0 Å². The molecule has 0 atom stereocenters. The van der Waals surface area contributed by atoms with E-state index in [4.69, 9.17) is 23.2 Å². The Kier molecular flexibility index (Phi) is 4.26. The van der Waals surface area contributed by atoms with Gasteiger partial charge in [-0.3, -0.25) is 4.79 Å². The molecule has 0 unspecified atom stereocenters. The summed E-state index contributed by atoms with van der Waals surface area (Å²) in [6, 6.07) is 7.07. The molecule has 0 N–H and O–H groups in total. The van der Waals surface area contributed by atoms with E-state index in [0.29, 0.717) is 16.5 Å². The largest absolute Gasteiger partial charge is 0.293 e. The van der Waals surface area contributed by atoms with E-state index in [1.165, 1.54) is 11.3 Å². The lowest BCUT2D eigenvalue weighted by atomic mass is 10.1. The highest BCUT2D eigenvalue weighted by atomic mass is 79.9. The predicted octanol–water partition coefficient (Wildman–Crippen LogP) is 5.24. The average Bonchev–Trinajstić information content (AvgIpc) is 2.70.